The number of aromatic nitrogens is 1. The van der Waals surface area contributed by atoms with Crippen LogP contribution in [0.3, 0.4) is 0 Å². The first-order chi connectivity index (χ1) is 16.5. The smallest absolute Gasteiger partial charge is 0.264 e. The van der Waals surface area contributed by atoms with Crippen LogP contribution in [0.4, 0.5) is 5.69 Å². The molecule has 2 saturated heterocycles. The molecule has 1 aromatic heterocycles. The first kappa shape index (κ1) is 23.8. The maximum Gasteiger partial charge on any atom is 0.264 e. The number of nitriles is 1. The number of hydrogen-bond acceptors (Lipinski definition) is 4. The zero-order valence-corrected chi connectivity index (χ0v) is 19.9. The third-order valence-corrected chi connectivity index (χ3v) is 6.87. The van der Waals surface area contributed by atoms with E-state index < -0.39 is 0 Å². The van der Waals surface area contributed by atoms with Gasteiger partial charge in [0.05, 0.1) is 6.10 Å². The van der Waals surface area contributed by atoms with E-state index in [4.69, 9.17) is 4.74 Å². The van der Waals surface area contributed by atoms with E-state index in [1.807, 2.05) is 50.2 Å². The molecule has 34 heavy (non-hydrogen) atoms. The molecule has 2 aliphatic rings. The largest absolute Gasteiger partial charge is 0.376 e. The normalized spacial score (nSPS) is 19.1. The van der Waals surface area contributed by atoms with Crippen molar-refractivity contribution in [3.8, 4) is 6.07 Å². The van der Waals surface area contributed by atoms with Gasteiger partial charge in [-0.05, 0) is 69.4 Å². The van der Waals surface area contributed by atoms with Crippen molar-refractivity contribution in [1.29, 1.82) is 5.26 Å². The molecule has 7 nitrogen and oxygen atoms in total. The molecular formula is C27H32N4O3. The molecule has 2 amide bonds. The van der Waals surface area contributed by atoms with Crippen LogP contribution in [-0.4, -0.2) is 47.1 Å². The lowest BCUT2D eigenvalue weighted by Gasteiger charge is -2.31. The highest BCUT2D eigenvalue weighted by Gasteiger charge is 2.29. The standard InChI is InChI=1S/C27H32N4O3/c1-19-15-22(20(2)31(19)18-25-9-6-14-34-25)16-23(17-28)27(33)30-12-10-21(11-13-30)26(32)29-24-7-4-3-5-8-24/h3-5,7-8,15-16,21,25H,6,9-14,18H2,1-2H3,(H,29,32)/b23-16+. The lowest BCUT2D eigenvalue weighted by Crippen LogP contribution is -2.41. The summed E-state index contributed by atoms with van der Waals surface area (Å²) in [6.45, 7) is 6.59. The van der Waals surface area contributed by atoms with Crippen molar-refractivity contribution < 1.29 is 14.3 Å². The SMILES string of the molecule is Cc1cc(/C=C(\C#N)C(=O)N2CCC(C(=O)Nc3ccccc3)CC2)c(C)n1CC1CCCO1. The van der Waals surface area contributed by atoms with Gasteiger partial charge in [-0.2, -0.15) is 5.26 Å². The van der Waals surface area contributed by atoms with Crippen LogP contribution in [0.5, 0.6) is 0 Å². The number of ether oxygens (including phenoxy) is 1. The highest BCUT2D eigenvalue weighted by atomic mass is 16.5. The number of amides is 2. The average Bonchev–Trinajstić information content (AvgIpc) is 3.46. The minimum absolute atomic E-state index is 0.0203. The van der Waals surface area contributed by atoms with Gasteiger partial charge >= 0.3 is 0 Å². The Kier molecular flexibility index (Phi) is 7.49. The predicted octanol–water partition coefficient (Wildman–Crippen LogP) is 4.07. The van der Waals surface area contributed by atoms with Gasteiger partial charge in [-0.15, -0.1) is 0 Å². The van der Waals surface area contributed by atoms with Crippen molar-refractivity contribution in [3.05, 3.63) is 58.9 Å². The zero-order chi connectivity index (χ0) is 24.1. The van der Waals surface area contributed by atoms with Crippen LogP contribution in [0, 0.1) is 31.1 Å². The molecule has 1 N–H and O–H groups in total. The Morgan fingerprint density at radius 3 is 2.56 bits per heavy atom. The van der Waals surface area contributed by atoms with E-state index in [1.54, 1.807) is 11.0 Å². The Morgan fingerprint density at radius 1 is 1.18 bits per heavy atom. The van der Waals surface area contributed by atoms with Crippen molar-refractivity contribution in [1.82, 2.24) is 9.47 Å². The zero-order valence-electron chi connectivity index (χ0n) is 19.9. The monoisotopic (exact) mass is 460 g/mol. The van der Waals surface area contributed by atoms with E-state index in [-0.39, 0.29) is 29.4 Å². The van der Waals surface area contributed by atoms with Gasteiger partial charge in [0.25, 0.3) is 5.91 Å². The molecule has 0 aliphatic carbocycles. The number of nitrogens with zero attached hydrogens (tertiary/aromatic N) is 3. The second-order valence-corrected chi connectivity index (χ2v) is 9.16. The van der Waals surface area contributed by atoms with Crippen molar-refractivity contribution >= 4 is 23.6 Å². The van der Waals surface area contributed by atoms with Crippen LogP contribution in [0.2, 0.25) is 0 Å². The molecule has 1 atom stereocenters. The summed E-state index contributed by atoms with van der Waals surface area (Å²) in [6, 6.07) is 13.5. The second-order valence-electron chi connectivity index (χ2n) is 9.16. The van der Waals surface area contributed by atoms with Gasteiger partial charge in [-0.25, -0.2) is 0 Å². The second kappa shape index (κ2) is 10.7. The highest BCUT2D eigenvalue weighted by Crippen LogP contribution is 2.24. The molecule has 1 aromatic carbocycles. The third-order valence-electron chi connectivity index (χ3n) is 6.87. The topological polar surface area (TPSA) is 87.4 Å². The van der Waals surface area contributed by atoms with Crippen LogP contribution >= 0.6 is 0 Å². The molecule has 4 rings (SSSR count). The number of piperidine rings is 1. The van der Waals surface area contributed by atoms with Crippen LogP contribution in [0.15, 0.2) is 42.0 Å². The molecule has 0 radical (unpaired) electrons. The molecule has 2 aliphatic heterocycles. The molecule has 178 valence electrons. The van der Waals surface area contributed by atoms with Crippen LogP contribution in [0.25, 0.3) is 6.08 Å². The van der Waals surface area contributed by atoms with Crippen LogP contribution in [0.1, 0.15) is 42.6 Å². The summed E-state index contributed by atoms with van der Waals surface area (Å²) in [7, 11) is 0. The first-order valence-electron chi connectivity index (χ1n) is 12.0. The summed E-state index contributed by atoms with van der Waals surface area (Å²) < 4.78 is 7.98. The predicted molar refractivity (Wildman–Crippen MR) is 131 cm³/mol. The molecule has 0 saturated carbocycles. The molecule has 2 fully saturated rings. The number of nitrogens with one attached hydrogen (secondary N) is 1. The first-order valence-corrected chi connectivity index (χ1v) is 12.0. The van der Waals surface area contributed by atoms with Gasteiger partial charge in [0.1, 0.15) is 11.6 Å². The summed E-state index contributed by atoms with van der Waals surface area (Å²) in [5.41, 5.74) is 3.92. The minimum atomic E-state index is -0.270. The van der Waals surface area contributed by atoms with E-state index in [0.29, 0.717) is 25.9 Å². The van der Waals surface area contributed by atoms with Gasteiger partial charge in [0.15, 0.2) is 0 Å². The summed E-state index contributed by atoms with van der Waals surface area (Å²) in [5, 5.41) is 12.7. The van der Waals surface area contributed by atoms with E-state index in [1.165, 1.54) is 0 Å². The van der Waals surface area contributed by atoms with Gasteiger partial charge in [-0.1, -0.05) is 18.2 Å². The number of carbonyl (C=O) groups is 2. The van der Waals surface area contributed by atoms with Gasteiger partial charge < -0.3 is 19.5 Å². The van der Waals surface area contributed by atoms with Gasteiger partial charge in [0.2, 0.25) is 5.91 Å². The lowest BCUT2D eigenvalue weighted by atomic mass is 9.95. The Labute approximate surface area is 201 Å². The summed E-state index contributed by atoms with van der Waals surface area (Å²) >= 11 is 0. The summed E-state index contributed by atoms with van der Waals surface area (Å²) in [6.07, 6.45) is 5.24. The quantitative estimate of drug-likeness (QED) is 0.520. The lowest BCUT2D eigenvalue weighted by molar-refractivity contribution is -0.130. The number of hydrogen-bond donors (Lipinski definition) is 1. The van der Waals surface area contributed by atoms with Crippen molar-refractivity contribution in [3.63, 3.8) is 0 Å². The Bertz CT molecular complexity index is 1100. The molecule has 2 aromatic rings. The molecule has 7 heteroatoms. The third kappa shape index (κ3) is 5.40. The molecule has 0 spiro atoms. The Hall–Kier alpha value is -3.37. The van der Waals surface area contributed by atoms with Crippen molar-refractivity contribution in [2.24, 2.45) is 5.92 Å². The number of rotatable bonds is 6. The molecule has 1 unspecified atom stereocenters. The summed E-state index contributed by atoms with van der Waals surface area (Å²) in [5.74, 6) is -0.433. The fraction of sp³-hybridized carbons (Fsp3) is 0.444. The number of likely N-dealkylation sites (tertiary alicyclic amines) is 1. The molecule has 0 bridgehead atoms. The van der Waals surface area contributed by atoms with Gasteiger partial charge in [0, 0.05) is 49.2 Å². The van der Waals surface area contributed by atoms with E-state index in [9.17, 15) is 14.9 Å². The maximum absolute atomic E-state index is 13.1. The average molecular weight is 461 g/mol. The van der Waals surface area contributed by atoms with Crippen molar-refractivity contribution in [2.75, 3.05) is 25.0 Å². The molecule has 3 heterocycles. The fourth-order valence-corrected chi connectivity index (χ4v) is 4.83. The van der Waals surface area contributed by atoms with Crippen LogP contribution in [-0.2, 0) is 20.9 Å². The maximum atomic E-state index is 13.1. The van der Waals surface area contributed by atoms with E-state index in [2.05, 4.69) is 16.0 Å². The number of anilines is 1. The number of carbonyl (C=O) groups excluding carboxylic acids is 2. The fourth-order valence-electron chi connectivity index (χ4n) is 4.83. The van der Waals surface area contributed by atoms with Gasteiger partial charge in [-0.3, -0.25) is 9.59 Å². The number of benzene rings is 1. The Morgan fingerprint density at radius 2 is 1.91 bits per heavy atom. The number of aryl methyl sites for hydroxylation is 1. The minimum Gasteiger partial charge on any atom is -0.376 e. The van der Waals surface area contributed by atoms with E-state index >= 15 is 0 Å². The Balaban J connectivity index is 1.38. The summed E-state index contributed by atoms with van der Waals surface area (Å²) in [4.78, 5) is 27.4. The number of para-hydroxylation sites is 1. The molecular weight excluding hydrogens is 428 g/mol. The highest BCUT2D eigenvalue weighted by molar-refractivity contribution is 6.02. The van der Waals surface area contributed by atoms with Crippen LogP contribution < -0.4 is 5.32 Å². The van der Waals surface area contributed by atoms with E-state index in [0.717, 1.165) is 48.6 Å². The van der Waals surface area contributed by atoms with Crippen molar-refractivity contribution in [2.45, 2.75) is 52.2 Å².